The van der Waals surface area contributed by atoms with Crippen molar-refractivity contribution in [2.24, 2.45) is 0 Å². The monoisotopic (exact) mass is 263 g/mol. The Kier molecular flexibility index (Phi) is 3.35. The molecule has 0 aliphatic carbocycles. The van der Waals surface area contributed by atoms with Gasteiger partial charge in [0.2, 0.25) is 0 Å². The fourth-order valence-electron chi connectivity index (χ4n) is 1.24. The number of alkyl halides is 1. The highest BCUT2D eigenvalue weighted by Crippen LogP contribution is 2.21. The van der Waals surface area contributed by atoms with Crippen molar-refractivity contribution in [3.63, 3.8) is 0 Å². The lowest BCUT2D eigenvalue weighted by atomic mass is 10.2. The summed E-state index contributed by atoms with van der Waals surface area (Å²) in [6, 6.07) is 11.7. The zero-order chi connectivity index (χ0) is 10.5. The number of pyridine rings is 1. The van der Waals surface area contributed by atoms with Gasteiger partial charge < -0.3 is 4.74 Å². The molecule has 1 aromatic carbocycles. The van der Waals surface area contributed by atoms with Gasteiger partial charge in [-0.1, -0.05) is 28.1 Å². The van der Waals surface area contributed by atoms with Crippen LogP contribution in [0.15, 0.2) is 48.8 Å². The van der Waals surface area contributed by atoms with Gasteiger partial charge in [-0.3, -0.25) is 4.98 Å². The molecule has 2 rings (SSSR count). The molecule has 0 spiro atoms. The first-order valence-electron chi connectivity index (χ1n) is 4.61. The molecule has 15 heavy (non-hydrogen) atoms. The summed E-state index contributed by atoms with van der Waals surface area (Å²) in [5.74, 6) is 1.59. The Labute approximate surface area is 97.1 Å². The lowest BCUT2D eigenvalue weighted by Crippen LogP contribution is -1.85. The third kappa shape index (κ3) is 2.80. The molecule has 0 aliphatic heterocycles. The normalized spacial score (nSPS) is 9.93. The van der Waals surface area contributed by atoms with Crippen molar-refractivity contribution in [2.45, 2.75) is 5.33 Å². The fraction of sp³-hybridized carbons (Fsp3) is 0.0833. The number of hydrogen-bond donors (Lipinski definition) is 0. The predicted molar refractivity (Wildman–Crippen MR) is 63.4 cm³/mol. The molecule has 0 unspecified atom stereocenters. The van der Waals surface area contributed by atoms with E-state index in [9.17, 15) is 0 Å². The van der Waals surface area contributed by atoms with Crippen LogP contribution in [-0.2, 0) is 5.33 Å². The summed E-state index contributed by atoms with van der Waals surface area (Å²) in [7, 11) is 0. The number of benzene rings is 1. The van der Waals surface area contributed by atoms with Crippen molar-refractivity contribution in [3.05, 3.63) is 54.4 Å². The van der Waals surface area contributed by atoms with E-state index in [1.54, 1.807) is 12.4 Å². The van der Waals surface area contributed by atoms with E-state index >= 15 is 0 Å². The van der Waals surface area contributed by atoms with Crippen LogP contribution in [0.3, 0.4) is 0 Å². The number of nitrogens with zero attached hydrogens (tertiary/aromatic N) is 1. The van der Waals surface area contributed by atoms with Gasteiger partial charge in [-0.15, -0.1) is 0 Å². The van der Waals surface area contributed by atoms with Gasteiger partial charge in [0.25, 0.3) is 0 Å². The average Bonchev–Trinajstić information content (AvgIpc) is 2.31. The minimum Gasteiger partial charge on any atom is -0.456 e. The maximum absolute atomic E-state index is 5.64. The molecule has 0 N–H and O–H groups in total. The molecule has 0 saturated heterocycles. The lowest BCUT2D eigenvalue weighted by molar-refractivity contribution is 0.480. The molecule has 0 amide bonds. The van der Waals surface area contributed by atoms with E-state index < -0.39 is 0 Å². The van der Waals surface area contributed by atoms with E-state index in [-0.39, 0.29) is 0 Å². The largest absolute Gasteiger partial charge is 0.456 e. The molecule has 0 radical (unpaired) electrons. The van der Waals surface area contributed by atoms with Crippen molar-refractivity contribution < 1.29 is 4.74 Å². The van der Waals surface area contributed by atoms with Crippen molar-refractivity contribution in [1.82, 2.24) is 4.98 Å². The van der Waals surface area contributed by atoms with Gasteiger partial charge in [-0.2, -0.15) is 0 Å². The fourth-order valence-corrected chi connectivity index (χ4v) is 1.58. The highest BCUT2D eigenvalue weighted by molar-refractivity contribution is 9.08. The summed E-state index contributed by atoms with van der Waals surface area (Å²) < 4.78 is 5.64. The Morgan fingerprint density at radius 3 is 2.73 bits per heavy atom. The minimum absolute atomic E-state index is 0.754. The number of rotatable bonds is 3. The molecule has 2 aromatic rings. The Morgan fingerprint density at radius 2 is 2.00 bits per heavy atom. The maximum Gasteiger partial charge on any atom is 0.145 e. The molecule has 0 aliphatic rings. The van der Waals surface area contributed by atoms with Crippen molar-refractivity contribution in [1.29, 1.82) is 0 Å². The zero-order valence-corrected chi connectivity index (χ0v) is 9.65. The van der Waals surface area contributed by atoms with Gasteiger partial charge in [-0.25, -0.2) is 0 Å². The van der Waals surface area contributed by atoms with Gasteiger partial charge in [-0.05, 0) is 29.8 Å². The van der Waals surface area contributed by atoms with Crippen LogP contribution in [0.2, 0.25) is 0 Å². The van der Waals surface area contributed by atoms with Crippen LogP contribution in [0.4, 0.5) is 0 Å². The molecule has 0 saturated carbocycles. The third-order valence-corrected chi connectivity index (χ3v) is 2.57. The van der Waals surface area contributed by atoms with Crippen molar-refractivity contribution >= 4 is 15.9 Å². The first kappa shape index (κ1) is 10.2. The van der Waals surface area contributed by atoms with Crippen molar-refractivity contribution in [3.8, 4) is 11.5 Å². The van der Waals surface area contributed by atoms with Crippen LogP contribution in [0, 0.1) is 0 Å². The second-order valence-electron chi connectivity index (χ2n) is 3.07. The molecule has 0 fully saturated rings. The Bertz CT molecular complexity index is 431. The summed E-state index contributed by atoms with van der Waals surface area (Å²) >= 11 is 3.41. The highest BCUT2D eigenvalue weighted by atomic mass is 79.9. The summed E-state index contributed by atoms with van der Waals surface area (Å²) in [6.45, 7) is 0. The third-order valence-electron chi connectivity index (χ3n) is 1.92. The quantitative estimate of drug-likeness (QED) is 0.787. The molecule has 1 aromatic heterocycles. The first-order valence-corrected chi connectivity index (χ1v) is 5.73. The van der Waals surface area contributed by atoms with Crippen LogP contribution in [0.25, 0.3) is 0 Å². The van der Waals surface area contributed by atoms with Gasteiger partial charge >= 0.3 is 0 Å². The Hall–Kier alpha value is -1.35. The van der Waals surface area contributed by atoms with Crippen molar-refractivity contribution in [2.75, 3.05) is 0 Å². The maximum atomic E-state index is 5.64. The molecule has 0 bridgehead atoms. The number of aromatic nitrogens is 1. The minimum atomic E-state index is 0.754. The second-order valence-corrected chi connectivity index (χ2v) is 3.63. The Balaban J connectivity index is 2.17. The van der Waals surface area contributed by atoms with Gasteiger partial charge in [0.1, 0.15) is 11.5 Å². The molecular formula is C12H10BrNO. The molecule has 76 valence electrons. The summed E-state index contributed by atoms with van der Waals surface area (Å²) in [5, 5.41) is 0.831. The van der Waals surface area contributed by atoms with E-state index in [2.05, 4.69) is 20.9 Å². The Morgan fingerprint density at radius 1 is 1.13 bits per heavy atom. The molecular weight excluding hydrogens is 254 g/mol. The van der Waals surface area contributed by atoms with E-state index in [4.69, 9.17) is 4.74 Å². The van der Waals surface area contributed by atoms with Gasteiger partial charge in [0.05, 0.1) is 6.20 Å². The van der Waals surface area contributed by atoms with Crippen LogP contribution in [0.5, 0.6) is 11.5 Å². The molecule has 0 atom stereocenters. The standard InChI is InChI=1S/C12H10BrNO/c13-8-10-3-1-4-11(7-10)15-12-5-2-6-14-9-12/h1-7,9H,8H2. The summed E-state index contributed by atoms with van der Waals surface area (Å²) in [6.07, 6.45) is 3.42. The SMILES string of the molecule is BrCc1cccc(Oc2cccnc2)c1. The van der Waals surface area contributed by atoms with Gasteiger partial charge in [0.15, 0.2) is 0 Å². The van der Waals surface area contributed by atoms with E-state index in [1.807, 2.05) is 36.4 Å². The smallest absolute Gasteiger partial charge is 0.145 e. The summed E-state index contributed by atoms with van der Waals surface area (Å²) in [4.78, 5) is 3.99. The van der Waals surface area contributed by atoms with Crippen LogP contribution < -0.4 is 4.74 Å². The zero-order valence-electron chi connectivity index (χ0n) is 8.06. The number of hydrogen-bond acceptors (Lipinski definition) is 2. The molecule has 3 heteroatoms. The van der Waals surface area contributed by atoms with E-state index in [0.717, 1.165) is 16.8 Å². The number of halogens is 1. The first-order chi connectivity index (χ1) is 7.38. The molecule has 2 nitrogen and oxygen atoms in total. The average molecular weight is 264 g/mol. The van der Waals surface area contributed by atoms with E-state index in [0.29, 0.717) is 0 Å². The molecule has 1 heterocycles. The van der Waals surface area contributed by atoms with E-state index in [1.165, 1.54) is 5.56 Å². The topological polar surface area (TPSA) is 22.1 Å². The van der Waals surface area contributed by atoms with Crippen LogP contribution >= 0.6 is 15.9 Å². The summed E-state index contributed by atoms with van der Waals surface area (Å²) in [5.41, 5.74) is 1.19. The second kappa shape index (κ2) is 4.94. The van der Waals surface area contributed by atoms with Crippen LogP contribution in [-0.4, -0.2) is 4.98 Å². The van der Waals surface area contributed by atoms with Gasteiger partial charge in [0, 0.05) is 11.5 Å². The lowest BCUT2D eigenvalue weighted by Gasteiger charge is -2.05. The number of ether oxygens (including phenoxy) is 1. The van der Waals surface area contributed by atoms with Crippen LogP contribution in [0.1, 0.15) is 5.56 Å². The highest BCUT2D eigenvalue weighted by Gasteiger charge is 1.97. The predicted octanol–water partition coefficient (Wildman–Crippen LogP) is 3.77.